The van der Waals surface area contributed by atoms with Gasteiger partial charge >= 0.3 is 5.69 Å². The number of nitrogens with zero attached hydrogens (tertiary/aromatic N) is 4. The zero-order valence-electron chi connectivity index (χ0n) is 9.87. The Kier molecular flexibility index (Phi) is 3.93. The third kappa shape index (κ3) is 2.51. The van der Waals surface area contributed by atoms with Gasteiger partial charge in [0.1, 0.15) is 6.20 Å². The van der Waals surface area contributed by atoms with Gasteiger partial charge < -0.3 is 9.64 Å². The van der Waals surface area contributed by atoms with E-state index in [0.29, 0.717) is 19.8 Å². The van der Waals surface area contributed by atoms with Crippen molar-refractivity contribution in [3.05, 3.63) is 21.6 Å². The highest BCUT2D eigenvalue weighted by Crippen LogP contribution is 2.29. The van der Waals surface area contributed by atoms with Crippen LogP contribution in [0.25, 0.3) is 0 Å². The zero-order chi connectivity index (χ0) is 13.1. The first kappa shape index (κ1) is 13.0. The topological polar surface area (TPSA) is 81.4 Å². The van der Waals surface area contributed by atoms with Crippen LogP contribution in [0.3, 0.4) is 0 Å². The number of halogens is 1. The van der Waals surface area contributed by atoms with Crippen LogP contribution in [0.4, 0.5) is 11.5 Å². The number of anilines is 1. The molecule has 18 heavy (non-hydrogen) atoms. The van der Waals surface area contributed by atoms with Crippen LogP contribution in [0.15, 0.2) is 6.20 Å². The van der Waals surface area contributed by atoms with E-state index in [1.807, 2.05) is 11.8 Å². The molecule has 1 aromatic heterocycles. The van der Waals surface area contributed by atoms with Crippen LogP contribution in [-0.2, 0) is 4.74 Å². The van der Waals surface area contributed by atoms with E-state index in [9.17, 15) is 10.1 Å². The summed E-state index contributed by atoms with van der Waals surface area (Å²) in [7, 11) is 0. The predicted molar refractivity (Wildman–Crippen MR) is 65.9 cm³/mol. The molecular formula is C10H13ClN4O3. The lowest BCUT2D eigenvalue weighted by Crippen LogP contribution is -2.45. The summed E-state index contributed by atoms with van der Waals surface area (Å²) in [5.74, 6) is 0.273. The molecule has 0 amide bonds. The van der Waals surface area contributed by atoms with Crippen molar-refractivity contribution >= 4 is 23.1 Å². The van der Waals surface area contributed by atoms with Crippen molar-refractivity contribution < 1.29 is 9.66 Å². The van der Waals surface area contributed by atoms with Gasteiger partial charge in [0.15, 0.2) is 0 Å². The molecule has 0 spiro atoms. The number of hydrogen-bond donors (Lipinski definition) is 0. The molecular weight excluding hydrogens is 260 g/mol. The van der Waals surface area contributed by atoms with E-state index in [-0.39, 0.29) is 22.8 Å². The zero-order valence-corrected chi connectivity index (χ0v) is 10.6. The molecule has 1 aromatic rings. The maximum Gasteiger partial charge on any atom is 0.329 e. The molecule has 0 radical (unpaired) electrons. The van der Waals surface area contributed by atoms with Crippen LogP contribution < -0.4 is 4.90 Å². The highest BCUT2D eigenvalue weighted by molar-refractivity contribution is 6.28. The number of nitro groups is 1. The van der Waals surface area contributed by atoms with Gasteiger partial charge in [-0.1, -0.05) is 6.92 Å². The molecule has 0 saturated carbocycles. The van der Waals surface area contributed by atoms with Gasteiger partial charge in [-0.2, -0.15) is 4.98 Å². The van der Waals surface area contributed by atoms with Crippen molar-refractivity contribution in [2.24, 2.45) is 0 Å². The van der Waals surface area contributed by atoms with Crippen molar-refractivity contribution in [3.63, 3.8) is 0 Å². The van der Waals surface area contributed by atoms with E-state index in [2.05, 4.69) is 9.97 Å². The normalized spacial score (nSPS) is 19.9. The maximum atomic E-state index is 11.0. The van der Waals surface area contributed by atoms with Gasteiger partial charge in [0.25, 0.3) is 0 Å². The standard InChI is InChI=1S/C10H13ClN4O3/c1-2-7-6-18-4-3-14(7)9-8(15(16)17)5-12-10(11)13-9/h5,7H,2-4,6H2,1H3. The molecule has 1 fully saturated rings. The molecule has 1 atom stereocenters. The van der Waals surface area contributed by atoms with Gasteiger partial charge in [0, 0.05) is 6.54 Å². The van der Waals surface area contributed by atoms with Gasteiger partial charge in [0.2, 0.25) is 11.1 Å². The highest BCUT2D eigenvalue weighted by atomic mass is 35.5. The van der Waals surface area contributed by atoms with Gasteiger partial charge in [-0.25, -0.2) is 4.98 Å². The van der Waals surface area contributed by atoms with Crippen LogP contribution >= 0.6 is 11.6 Å². The molecule has 1 saturated heterocycles. The Morgan fingerprint density at radius 3 is 3.17 bits per heavy atom. The van der Waals surface area contributed by atoms with Crippen molar-refractivity contribution in [2.45, 2.75) is 19.4 Å². The number of ether oxygens (including phenoxy) is 1. The lowest BCUT2D eigenvalue weighted by Gasteiger charge is -2.35. The number of aromatic nitrogens is 2. The minimum absolute atomic E-state index is 0.0111. The second kappa shape index (κ2) is 5.45. The van der Waals surface area contributed by atoms with E-state index >= 15 is 0 Å². The predicted octanol–water partition coefficient (Wildman–Crippen LogP) is 1.65. The van der Waals surface area contributed by atoms with Crippen LogP contribution in [-0.4, -0.2) is 40.7 Å². The fourth-order valence-electron chi connectivity index (χ4n) is 1.96. The molecule has 8 heteroatoms. The number of morpholine rings is 1. The van der Waals surface area contributed by atoms with Crippen molar-refractivity contribution in [1.29, 1.82) is 0 Å². The average Bonchev–Trinajstić information content (AvgIpc) is 2.38. The second-order valence-corrected chi connectivity index (χ2v) is 4.27. The summed E-state index contributed by atoms with van der Waals surface area (Å²) in [4.78, 5) is 20.0. The lowest BCUT2D eigenvalue weighted by molar-refractivity contribution is -0.384. The van der Waals surface area contributed by atoms with Gasteiger partial charge in [-0.3, -0.25) is 10.1 Å². The molecule has 2 heterocycles. The van der Waals surface area contributed by atoms with Gasteiger partial charge in [-0.15, -0.1) is 0 Å². The molecule has 7 nitrogen and oxygen atoms in total. The average molecular weight is 273 g/mol. The molecule has 98 valence electrons. The fourth-order valence-corrected chi connectivity index (χ4v) is 2.09. The van der Waals surface area contributed by atoms with Crippen LogP contribution in [0.2, 0.25) is 5.28 Å². The van der Waals surface area contributed by atoms with E-state index in [4.69, 9.17) is 16.3 Å². The molecule has 0 bridgehead atoms. The molecule has 2 rings (SSSR count). The summed E-state index contributed by atoms with van der Waals surface area (Å²) in [6.45, 7) is 3.62. The number of rotatable bonds is 3. The Morgan fingerprint density at radius 2 is 2.50 bits per heavy atom. The Hall–Kier alpha value is -1.47. The Balaban J connectivity index is 2.41. The molecule has 1 aliphatic heterocycles. The van der Waals surface area contributed by atoms with Crippen LogP contribution in [0, 0.1) is 10.1 Å². The van der Waals surface area contributed by atoms with Crippen molar-refractivity contribution in [1.82, 2.24) is 9.97 Å². The fraction of sp³-hybridized carbons (Fsp3) is 0.600. The summed E-state index contributed by atoms with van der Waals surface area (Å²) in [6.07, 6.45) is 1.96. The molecule has 0 aliphatic carbocycles. The monoisotopic (exact) mass is 272 g/mol. The van der Waals surface area contributed by atoms with E-state index < -0.39 is 4.92 Å². The molecule has 0 aromatic carbocycles. The minimum Gasteiger partial charge on any atom is -0.377 e. The second-order valence-electron chi connectivity index (χ2n) is 3.94. The van der Waals surface area contributed by atoms with E-state index in [1.165, 1.54) is 0 Å². The summed E-state index contributed by atoms with van der Waals surface area (Å²) in [5, 5.41) is 11.0. The number of hydrogen-bond acceptors (Lipinski definition) is 6. The third-order valence-corrected chi connectivity index (χ3v) is 3.07. The lowest BCUT2D eigenvalue weighted by atomic mass is 10.1. The quantitative estimate of drug-likeness (QED) is 0.473. The minimum atomic E-state index is -0.492. The molecule has 1 unspecified atom stereocenters. The summed E-state index contributed by atoms with van der Waals surface area (Å²) in [5.41, 5.74) is -0.125. The molecule has 0 N–H and O–H groups in total. The van der Waals surface area contributed by atoms with E-state index in [1.54, 1.807) is 0 Å². The summed E-state index contributed by atoms with van der Waals surface area (Å²) in [6, 6.07) is 0.0726. The van der Waals surface area contributed by atoms with E-state index in [0.717, 1.165) is 12.6 Å². The first-order valence-electron chi connectivity index (χ1n) is 5.64. The van der Waals surface area contributed by atoms with Crippen molar-refractivity contribution in [2.75, 3.05) is 24.7 Å². The Morgan fingerprint density at radius 1 is 1.72 bits per heavy atom. The first-order valence-corrected chi connectivity index (χ1v) is 6.02. The maximum absolute atomic E-state index is 11.0. The summed E-state index contributed by atoms with van der Waals surface area (Å²) >= 11 is 5.73. The SMILES string of the molecule is CCC1COCCN1c1nc(Cl)ncc1[N+](=O)[O-]. The van der Waals surface area contributed by atoms with Crippen LogP contribution in [0.1, 0.15) is 13.3 Å². The van der Waals surface area contributed by atoms with Gasteiger partial charge in [-0.05, 0) is 18.0 Å². The van der Waals surface area contributed by atoms with Crippen molar-refractivity contribution in [3.8, 4) is 0 Å². The first-order chi connectivity index (χ1) is 8.63. The van der Waals surface area contributed by atoms with Gasteiger partial charge in [0.05, 0.1) is 24.2 Å². The highest BCUT2D eigenvalue weighted by Gasteiger charge is 2.29. The largest absolute Gasteiger partial charge is 0.377 e. The molecule has 1 aliphatic rings. The third-order valence-electron chi connectivity index (χ3n) is 2.89. The summed E-state index contributed by atoms with van der Waals surface area (Å²) < 4.78 is 5.37. The Bertz CT molecular complexity index is 457. The Labute approximate surface area is 109 Å². The smallest absolute Gasteiger partial charge is 0.329 e. The van der Waals surface area contributed by atoms with Crippen LogP contribution in [0.5, 0.6) is 0 Å².